The fraction of sp³-hybridized carbons (Fsp3) is 0.100. The zero-order chi connectivity index (χ0) is 15.4. The number of nitrogens with two attached hydrogens (primary N) is 1. The highest BCUT2D eigenvalue weighted by Crippen LogP contribution is 2.30. The molecule has 0 aromatic heterocycles. The molecule has 2 aromatic carbocycles. The predicted octanol–water partition coefficient (Wildman–Crippen LogP) is 4.70. The number of methoxy groups -OCH3 is 1. The van der Waals surface area contributed by atoms with Gasteiger partial charge in [0.05, 0.1) is 7.11 Å². The van der Waals surface area contributed by atoms with Crippen molar-refractivity contribution in [3.63, 3.8) is 0 Å². The topological polar surface area (TPSA) is 35.2 Å². The van der Waals surface area contributed by atoms with Gasteiger partial charge >= 0.3 is 0 Å². The molecule has 1 aliphatic carbocycles. The Morgan fingerprint density at radius 3 is 2.50 bits per heavy atom. The standard InChI is InChI=1S/C20H19NO/c1-22-18-11-12-19(20(21)14-18)17-9-7-16(8-10-17)13-15-5-3-2-4-6-15/h2-7,9-14H,8,21H2,1H3. The van der Waals surface area contributed by atoms with E-state index in [1.165, 1.54) is 11.1 Å². The van der Waals surface area contributed by atoms with Crippen molar-refractivity contribution in [2.24, 2.45) is 0 Å². The van der Waals surface area contributed by atoms with Crippen LogP contribution in [0.1, 0.15) is 17.5 Å². The van der Waals surface area contributed by atoms with Gasteiger partial charge in [-0.1, -0.05) is 54.6 Å². The first-order chi connectivity index (χ1) is 10.8. The Morgan fingerprint density at radius 1 is 1.05 bits per heavy atom. The van der Waals surface area contributed by atoms with E-state index >= 15 is 0 Å². The third kappa shape index (κ3) is 3.12. The second-order valence-corrected chi connectivity index (χ2v) is 5.28. The second-order valence-electron chi connectivity index (χ2n) is 5.28. The molecule has 1 aliphatic rings. The summed E-state index contributed by atoms with van der Waals surface area (Å²) in [5.74, 6) is 0.784. The van der Waals surface area contributed by atoms with E-state index in [-0.39, 0.29) is 0 Å². The van der Waals surface area contributed by atoms with E-state index in [0.717, 1.165) is 29.0 Å². The Labute approximate surface area is 131 Å². The quantitative estimate of drug-likeness (QED) is 0.831. The lowest BCUT2D eigenvalue weighted by molar-refractivity contribution is 0.415. The van der Waals surface area contributed by atoms with Gasteiger partial charge in [0.1, 0.15) is 5.75 Å². The summed E-state index contributed by atoms with van der Waals surface area (Å²) in [6.07, 6.45) is 9.61. The van der Waals surface area contributed by atoms with Crippen LogP contribution in [0.5, 0.6) is 5.75 Å². The Balaban J connectivity index is 1.80. The molecule has 0 bridgehead atoms. The van der Waals surface area contributed by atoms with Crippen LogP contribution >= 0.6 is 0 Å². The number of allylic oxidation sites excluding steroid dienone is 5. The highest BCUT2D eigenvalue weighted by Gasteiger charge is 2.08. The molecule has 0 amide bonds. The smallest absolute Gasteiger partial charge is 0.120 e. The minimum absolute atomic E-state index is 0.741. The molecular formula is C20H19NO. The highest BCUT2D eigenvalue weighted by molar-refractivity contribution is 5.84. The van der Waals surface area contributed by atoms with Crippen molar-refractivity contribution in [1.29, 1.82) is 0 Å². The molecule has 2 aromatic rings. The molecule has 2 N–H and O–H groups in total. The maximum absolute atomic E-state index is 6.12. The Hall–Kier alpha value is -2.74. The molecule has 3 rings (SSSR count). The van der Waals surface area contributed by atoms with Crippen molar-refractivity contribution in [2.45, 2.75) is 6.42 Å². The number of ether oxygens (including phenoxy) is 1. The molecule has 0 atom stereocenters. The zero-order valence-electron chi connectivity index (χ0n) is 12.6. The van der Waals surface area contributed by atoms with Gasteiger partial charge in [0.2, 0.25) is 0 Å². The van der Waals surface area contributed by atoms with Gasteiger partial charge in [-0.15, -0.1) is 0 Å². The van der Waals surface area contributed by atoms with Gasteiger partial charge in [-0.2, -0.15) is 0 Å². The van der Waals surface area contributed by atoms with Crippen LogP contribution < -0.4 is 10.5 Å². The average Bonchev–Trinajstić information content (AvgIpc) is 2.56. The van der Waals surface area contributed by atoms with E-state index < -0.39 is 0 Å². The van der Waals surface area contributed by atoms with E-state index in [4.69, 9.17) is 10.5 Å². The second kappa shape index (κ2) is 6.35. The van der Waals surface area contributed by atoms with Gasteiger partial charge in [0, 0.05) is 17.3 Å². The van der Waals surface area contributed by atoms with Gasteiger partial charge in [0.25, 0.3) is 0 Å². The van der Waals surface area contributed by atoms with Crippen LogP contribution in [0, 0.1) is 0 Å². The van der Waals surface area contributed by atoms with Crippen molar-refractivity contribution in [3.05, 3.63) is 83.5 Å². The highest BCUT2D eigenvalue weighted by atomic mass is 16.5. The number of hydrogen-bond donors (Lipinski definition) is 1. The van der Waals surface area contributed by atoms with Crippen molar-refractivity contribution < 1.29 is 4.74 Å². The largest absolute Gasteiger partial charge is 0.497 e. The molecule has 22 heavy (non-hydrogen) atoms. The van der Waals surface area contributed by atoms with Crippen LogP contribution in [0.4, 0.5) is 5.69 Å². The van der Waals surface area contributed by atoms with Crippen molar-refractivity contribution >= 4 is 17.3 Å². The lowest BCUT2D eigenvalue weighted by atomic mass is 9.94. The fourth-order valence-electron chi connectivity index (χ4n) is 2.56. The molecule has 0 unspecified atom stereocenters. The summed E-state index contributed by atoms with van der Waals surface area (Å²) >= 11 is 0. The molecule has 0 radical (unpaired) electrons. The molecule has 110 valence electrons. The number of hydrogen-bond acceptors (Lipinski definition) is 2. The van der Waals surface area contributed by atoms with E-state index in [0.29, 0.717) is 0 Å². The summed E-state index contributed by atoms with van der Waals surface area (Å²) in [5, 5.41) is 0. The average molecular weight is 289 g/mol. The van der Waals surface area contributed by atoms with Gasteiger partial charge in [-0.05, 0) is 35.3 Å². The van der Waals surface area contributed by atoms with E-state index in [9.17, 15) is 0 Å². The molecule has 0 aliphatic heterocycles. The van der Waals surface area contributed by atoms with Crippen LogP contribution in [0.2, 0.25) is 0 Å². The third-order valence-electron chi connectivity index (χ3n) is 3.76. The summed E-state index contributed by atoms with van der Waals surface area (Å²) in [5.41, 5.74) is 11.6. The predicted molar refractivity (Wildman–Crippen MR) is 93.6 cm³/mol. The van der Waals surface area contributed by atoms with Crippen molar-refractivity contribution in [3.8, 4) is 5.75 Å². The summed E-state index contributed by atoms with van der Waals surface area (Å²) in [6.45, 7) is 0. The number of anilines is 1. The monoisotopic (exact) mass is 289 g/mol. The molecule has 2 heteroatoms. The van der Waals surface area contributed by atoms with Gasteiger partial charge in [-0.25, -0.2) is 0 Å². The van der Waals surface area contributed by atoms with Crippen LogP contribution in [0.25, 0.3) is 11.6 Å². The maximum atomic E-state index is 6.12. The van der Waals surface area contributed by atoms with Crippen molar-refractivity contribution in [1.82, 2.24) is 0 Å². The Kier molecular flexibility index (Phi) is 4.10. The van der Waals surface area contributed by atoms with Crippen LogP contribution in [-0.2, 0) is 0 Å². The molecule has 0 saturated carbocycles. The molecule has 0 heterocycles. The number of nitrogen functional groups attached to an aromatic ring is 1. The lowest BCUT2D eigenvalue weighted by Gasteiger charge is -2.13. The molecule has 0 fully saturated rings. The normalized spacial score (nSPS) is 15.7. The summed E-state index contributed by atoms with van der Waals surface area (Å²) < 4.78 is 5.19. The summed E-state index contributed by atoms with van der Waals surface area (Å²) in [6, 6.07) is 16.2. The molecule has 2 nitrogen and oxygen atoms in total. The zero-order valence-corrected chi connectivity index (χ0v) is 12.6. The van der Waals surface area contributed by atoms with Crippen LogP contribution in [-0.4, -0.2) is 7.11 Å². The minimum atomic E-state index is 0.741. The Bertz CT molecular complexity index is 755. The summed E-state index contributed by atoms with van der Waals surface area (Å²) in [4.78, 5) is 0. The lowest BCUT2D eigenvalue weighted by Crippen LogP contribution is -1.96. The first kappa shape index (κ1) is 14.2. The molecule has 0 spiro atoms. The third-order valence-corrected chi connectivity index (χ3v) is 3.76. The first-order valence-electron chi connectivity index (χ1n) is 7.34. The summed E-state index contributed by atoms with van der Waals surface area (Å²) in [7, 11) is 1.65. The van der Waals surface area contributed by atoms with Gasteiger partial charge in [-0.3, -0.25) is 0 Å². The molecular weight excluding hydrogens is 270 g/mol. The van der Waals surface area contributed by atoms with E-state index in [1.54, 1.807) is 7.11 Å². The first-order valence-corrected chi connectivity index (χ1v) is 7.34. The minimum Gasteiger partial charge on any atom is -0.497 e. The SMILES string of the molecule is COc1ccc(C2=CCC(=Cc3ccccc3)C=C2)c(N)c1. The van der Waals surface area contributed by atoms with Crippen molar-refractivity contribution in [2.75, 3.05) is 12.8 Å². The number of rotatable bonds is 3. The van der Waals surface area contributed by atoms with Gasteiger partial charge in [0.15, 0.2) is 0 Å². The Morgan fingerprint density at radius 2 is 1.86 bits per heavy atom. The van der Waals surface area contributed by atoms with E-state index in [1.807, 2.05) is 24.3 Å². The van der Waals surface area contributed by atoms with Crippen LogP contribution in [0.3, 0.4) is 0 Å². The number of benzene rings is 2. The fourth-order valence-corrected chi connectivity index (χ4v) is 2.56. The van der Waals surface area contributed by atoms with Crippen LogP contribution in [0.15, 0.2) is 72.3 Å². The maximum Gasteiger partial charge on any atom is 0.120 e. The molecule has 0 saturated heterocycles. The van der Waals surface area contributed by atoms with E-state index in [2.05, 4.69) is 48.6 Å². The van der Waals surface area contributed by atoms with Gasteiger partial charge < -0.3 is 10.5 Å².